The molecular weight excluding hydrogens is 306 g/mol. The summed E-state index contributed by atoms with van der Waals surface area (Å²) < 4.78 is 17.0. The molecule has 0 unspecified atom stereocenters. The molecule has 0 aliphatic carbocycles. The summed E-state index contributed by atoms with van der Waals surface area (Å²) in [5.41, 5.74) is 7.25. The molecule has 5 nitrogen and oxygen atoms in total. The Kier molecular flexibility index (Phi) is 6.07. The average molecular weight is 329 g/mol. The highest BCUT2D eigenvalue weighted by atomic mass is 16.5. The summed E-state index contributed by atoms with van der Waals surface area (Å²) in [5.74, 6) is 1.25. The minimum atomic E-state index is -0.172. The first-order valence-electron chi connectivity index (χ1n) is 8.07. The number of carbonyl (C=O) groups excluding carboxylic acids is 1. The second kappa shape index (κ2) is 8.24. The maximum atomic E-state index is 12.9. The van der Waals surface area contributed by atoms with Gasteiger partial charge in [0.25, 0.3) is 0 Å². The predicted octanol–water partition coefficient (Wildman–Crippen LogP) is 3.70. The molecule has 128 valence electrons. The quantitative estimate of drug-likeness (QED) is 0.591. The van der Waals surface area contributed by atoms with Crippen molar-refractivity contribution in [3.63, 3.8) is 0 Å². The van der Waals surface area contributed by atoms with Crippen molar-refractivity contribution in [2.24, 2.45) is 0 Å². The number of hydrogen-bond acceptors (Lipinski definition) is 5. The molecule has 0 heterocycles. The molecule has 2 aromatic carbocycles. The Morgan fingerprint density at radius 1 is 0.917 bits per heavy atom. The van der Waals surface area contributed by atoms with E-state index in [9.17, 15) is 4.79 Å². The van der Waals surface area contributed by atoms with E-state index in [1.54, 1.807) is 36.4 Å². The highest BCUT2D eigenvalue weighted by Gasteiger charge is 2.22. The summed E-state index contributed by atoms with van der Waals surface area (Å²) in [4.78, 5) is 12.9. The van der Waals surface area contributed by atoms with Gasteiger partial charge in [0, 0.05) is 11.3 Å². The molecule has 0 saturated heterocycles. The van der Waals surface area contributed by atoms with Gasteiger partial charge in [-0.05, 0) is 45.0 Å². The third kappa shape index (κ3) is 3.79. The van der Waals surface area contributed by atoms with Crippen LogP contribution < -0.4 is 19.9 Å². The van der Waals surface area contributed by atoms with Gasteiger partial charge >= 0.3 is 0 Å². The molecule has 5 heteroatoms. The summed E-state index contributed by atoms with van der Waals surface area (Å²) >= 11 is 0. The predicted molar refractivity (Wildman–Crippen MR) is 94.2 cm³/mol. The Morgan fingerprint density at radius 2 is 1.58 bits per heavy atom. The van der Waals surface area contributed by atoms with Gasteiger partial charge in [-0.3, -0.25) is 4.79 Å². The molecule has 0 spiro atoms. The van der Waals surface area contributed by atoms with Crippen LogP contribution in [0.4, 0.5) is 5.69 Å². The Hall–Kier alpha value is -2.69. The maximum Gasteiger partial charge on any atom is 0.204 e. The van der Waals surface area contributed by atoms with Gasteiger partial charge in [-0.2, -0.15) is 0 Å². The van der Waals surface area contributed by atoms with Crippen molar-refractivity contribution in [2.45, 2.75) is 20.8 Å². The fraction of sp³-hybridized carbons (Fsp3) is 0.316. The van der Waals surface area contributed by atoms with Crippen LogP contribution in [0.15, 0.2) is 36.4 Å². The van der Waals surface area contributed by atoms with Crippen molar-refractivity contribution in [2.75, 3.05) is 25.6 Å². The largest absolute Gasteiger partial charge is 0.490 e. The van der Waals surface area contributed by atoms with Gasteiger partial charge in [-0.1, -0.05) is 12.1 Å². The van der Waals surface area contributed by atoms with E-state index in [1.165, 1.54) is 0 Å². The molecule has 0 aliphatic rings. The van der Waals surface area contributed by atoms with E-state index >= 15 is 0 Å². The second-order valence-electron chi connectivity index (χ2n) is 5.02. The van der Waals surface area contributed by atoms with Crippen molar-refractivity contribution in [3.8, 4) is 17.2 Å². The lowest BCUT2D eigenvalue weighted by Gasteiger charge is -2.18. The summed E-state index contributed by atoms with van der Waals surface area (Å²) in [6.07, 6.45) is 0. The molecule has 0 bridgehead atoms. The molecule has 0 saturated carbocycles. The first kappa shape index (κ1) is 17.7. The molecule has 0 aliphatic heterocycles. The Bertz CT molecular complexity index is 713. The molecule has 2 aromatic rings. The van der Waals surface area contributed by atoms with Crippen LogP contribution in [0.25, 0.3) is 0 Å². The number of ketones is 1. The Morgan fingerprint density at radius 3 is 2.21 bits per heavy atom. The first-order chi connectivity index (χ1) is 11.6. The zero-order valence-corrected chi connectivity index (χ0v) is 14.3. The summed E-state index contributed by atoms with van der Waals surface area (Å²) in [7, 11) is 0. The Balaban J connectivity index is 2.55. The van der Waals surface area contributed by atoms with E-state index in [2.05, 4.69) is 0 Å². The number of anilines is 1. The van der Waals surface area contributed by atoms with Crippen molar-refractivity contribution < 1.29 is 19.0 Å². The topological polar surface area (TPSA) is 70.8 Å². The van der Waals surface area contributed by atoms with Crippen LogP contribution in [-0.4, -0.2) is 25.6 Å². The van der Waals surface area contributed by atoms with Gasteiger partial charge in [0.05, 0.1) is 25.4 Å². The van der Waals surface area contributed by atoms with Gasteiger partial charge in [0.1, 0.15) is 0 Å². The molecule has 2 N–H and O–H groups in total. The summed E-state index contributed by atoms with van der Waals surface area (Å²) in [5, 5.41) is 0. The third-order valence-corrected chi connectivity index (χ3v) is 3.35. The normalized spacial score (nSPS) is 10.3. The van der Waals surface area contributed by atoms with E-state index in [4.69, 9.17) is 19.9 Å². The number of nitrogens with two attached hydrogens (primary N) is 1. The van der Waals surface area contributed by atoms with Crippen molar-refractivity contribution in [1.29, 1.82) is 0 Å². The van der Waals surface area contributed by atoms with Gasteiger partial charge in [-0.25, -0.2) is 0 Å². The number of carbonyl (C=O) groups is 1. The maximum absolute atomic E-state index is 12.9. The smallest absolute Gasteiger partial charge is 0.204 e. The highest BCUT2D eigenvalue weighted by Crippen LogP contribution is 2.41. The van der Waals surface area contributed by atoms with Crippen molar-refractivity contribution >= 4 is 11.5 Å². The van der Waals surface area contributed by atoms with E-state index in [-0.39, 0.29) is 5.78 Å². The zero-order valence-electron chi connectivity index (χ0n) is 14.3. The fourth-order valence-corrected chi connectivity index (χ4v) is 2.40. The lowest BCUT2D eigenvalue weighted by Crippen LogP contribution is -2.09. The van der Waals surface area contributed by atoms with E-state index < -0.39 is 0 Å². The number of rotatable bonds is 8. The van der Waals surface area contributed by atoms with E-state index in [0.717, 1.165) is 0 Å². The summed E-state index contributed by atoms with van der Waals surface area (Å²) in [6, 6.07) is 10.3. The SMILES string of the molecule is CCOc1ccc(C(=O)c2cccc(N)c2)c(OCC)c1OCC. The van der Waals surface area contributed by atoms with Crippen LogP contribution in [0, 0.1) is 0 Å². The lowest BCUT2D eigenvalue weighted by molar-refractivity contribution is 0.103. The fourth-order valence-electron chi connectivity index (χ4n) is 2.40. The number of ether oxygens (including phenoxy) is 3. The molecule has 0 aromatic heterocycles. The van der Waals surface area contributed by atoms with Crippen LogP contribution in [0.2, 0.25) is 0 Å². The summed E-state index contributed by atoms with van der Waals surface area (Å²) in [6.45, 7) is 6.97. The van der Waals surface area contributed by atoms with Crippen molar-refractivity contribution in [3.05, 3.63) is 47.5 Å². The number of nitrogen functional groups attached to an aromatic ring is 1. The number of benzene rings is 2. The van der Waals surface area contributed by atoms with Gasteiger partial charge < -0.3 is 19.9 Å². The van der Waals surface area contributed by atoms with Crippen LogP contribution in [-0.2, 0) is 0 Å². The molecule has 0 amide bonds. The van der Waals surface area contributed by atoms with Crippen LogP contribution in [0.3, 0.4) is 0 Å². The van der Waals surface area contributed by atoms with Crippen LogP contribution >= 0.6 is 0 Å². The van der Waals surface area contributed by atoms with Gasteiger partial charge in [-0.15, -0.1) is 0 Å². The van der Waals surface area contributed by atoms with E-state index in [1.807, 2.05) is 20.8 Å². The third-order valence-electron chi connectivity index (χ3n) is 3.35. The standard InChI is InChI=1S/C19H23NO4/c1-4-22-16-11-10-15(18(23-5-2)19(16)24-6-3)17(21)13-8-7-9-14(20)12-13/h7-12H,4-6,20H2,1-3H3. The lowest BCUT2D eigenvalue weighted by atomic mass is 10.0. The minimum Gasteiger partial charge on any atom is -0.490 e. The molecule has 2 rings (SSSR count). The van der Waals surface area contributed by atoms with Crippen LogP contribution in [0.1, 0.15) is 36.7 Å². The van der Waals surface area contributed by atoms with Gasteiger partial charge in [0.15, 0.2) is 17.3 Å². The second-order valence-corrected chi connectivity index (χ2v) is 5.02. The monoisotopic (exact) mass is 329 g/mol. The zero-order chi connectivity index (χ0) is 17.5. The molecule has 24 heavy (non-hydrogen) atoms. The van der Waals surface area contributed by atoms with E-state index in [0.29, 0.717) is 53.9 Å². The molecular formula is C19H23NO4. The van der Waals surface area contributed by atoms with Gasteiger partial charge in [0.2, 0.25) is 5.75 Å². The molecule has 0 atom stereocenters. The molecule has 0 fully saturated rings. The molecule has 0 radical (unpaired) electrons. The highest BCUT2D eigenvalue weighted by molar-refractivity contribution is 6.11. The number of hydrogen-bond donors (Lipinski definition) is 1. The Labute approximate surface area is 142 Å². The minimum absolute atomic E-state index is 0.172. The first-order valence-corrected chi connectivity index (χ1v) is 8.07. The van der Waals surface area contributed by atoms with Crippen LogP contribution in [0.5, 0.6) is 17.2 Å². The van der Waals surface area contributed by atoms with Crippen molar-refractivity contribution in [1.82, 2.24) is 0 Å². The average Bonchev–Trinajstić information content (AvgIpc) is 2.57.